The van der Waals surface area contributed by atoms with Crippen LogP contribution in [0.1, 0.15) is 55.7 Å². The minimum Gasteiger partial charge on any atom is -0.466 e. The van der Waals surface area contributed by atoms with E-state index in [1.165, 1.54) is 19.3 Å². The second-order valence-corrected chi connectivity index (χ2v) is 7.58. The topological polar surface area (TPSA) is 37.7 Å². The van der Waals surface area contributed by atoms with Crippen molar-refractivity contribution in [3.8, 4) is 5.75 Å². The van der Waals surface area contributed by atoms with Crippen molar-refractivity contribution in [1.82, 2.24) is 9.99 Å². The fourth-order valence-corrected chi connectivity index (χ4v) is 4.58. The molecular formula is C20H20ClN3O. The summed E-state index contributed by atoms with van der Waals surface area (Å²) < 4.78 is 6.56. The number of benzene rings is 1. The van der Waals surface area contributed by atoms with Crippen molar-refractivity contribution >= 4 is 17.3 Å². The molecule has 3 heterocycles. The molecule has 0 amide bonds. The standard InChI is InChI=1S/C20H20ClN3O/c21-15-6-7-19-16(11-15)18-12-17(14-5-4-10-22-13-14)23-24(18)20(25-19)8-2-1-3-9-20/h4-7,10-11,13,18H,1-3,8-9,12H2/t18-/m1/s1. The van der Waals surface area contributed by atoms with Crippen LogP contribution < -0.4 is 4.74 Å². The van der Waals surface area contributed by atoms with Crippen LogP contribution in [-0.4, -0.2) is 21.4 Å². The molecule has 1 spiro atoms. The largest absolute Gasteiger partial charge is 0.466 e. The highest BCUT2D eigenvalue weighted by atomic mass is 35.5. The molecule has 1 aliphatic carbocycles. The van der Waals surface area contributed by atoms with Gasteiger partial charge in [0.2, 0.25) is 0 Å². The summed E-state index contributed by atoms with van der Waals surface area (Å²) in [4.78, 5) is 4.26. The Morgan fingerprint density at radius 3 is 2.84 bits per heavy atom. The maximum absolute atomic E-state index is 6.56. The highest BCUT2D eigenvalue weighted by molar-refractivity contribution is 6.30. The van der Waals surface area contributed by atoms with Crippen LogP contribution in [-0.2, 0) is 0 Å². The Morgan fingerprint density at radius 2 is 2.04 bits per heavy atom. The molecule has 5 rings (SSSR count). The Morgan fingerprint density at radius 1 is 1.16 bits per heavy atom. The number of hydrogen-bond acceptors (Lipinski definition) is 4. The van der Waals surface area contributed by atoms with E-state index in [9.17, 15) is 0 Å². The fourth-order valence-electron chi connectivity index (χ4n) is 4.40. The van der Waals surface area contributed by atoms with Gasteiger partial charge in [-0.05, 0) is 37.1 Å². The van der Waals surface area contributed by atoms with Gasteiger partial charge in [0.1, 0.15) is 5.75 Å². The normalized spacial score (nSPS) is 23.6. The van der Waals surface area contributed by atoms with Crippen molar-refractivity contribution in [1.29, 1.82) is 0 Å². The molecular weight excluding hydrogens is 334 g/mol. The van der Waals surface area contributed by atoms with E-state index in [2.05, 4.69) is 16.1 Å². The minimum absolute atomic E-state index is 0.191. The highest BCUT2D eigenvalue weighted by Gasteiger charge is 2.50. The van der Waals surface area contributed by atoms with E-state index >= 15 is 0 Å². The number of hydrazone groups is 1. The summed E-state index contributed by atoms with van der Waals surface area (Å²) in [5.41, 5.74) is 3.01. The monoisotopic (exact) mass is 353 g/mol. The lowest BCUT2D eigenvalue weighted by molar-refractivity contribution is -0.140. The van der Waals surface area contributed by atoms with Gasteiger partial charge >= 0.3 is 0 Å². The minimum atomic E-state index is -0.312. The van der Waals surface area contributed by atoms with Crippen molar-refractivity contribution in [2.75, 3.05) is 0 Å². The summed E-state index contributed by atoms with van der Waals surface area (Å²) in [7, 11) is 0. The Bertz CT molecular complexity index is 830. The van der Waals surface area contributed by atoms with Crippen molar-refractivity contribution < 1.29 is 4.74 Å². The second-order valence-electron chi connectivity index (χ2n) is 7.14. The number of nitrogens with zero attached hydrogens (tertiary/aromatic N) is 3. The third-order valence-electron chi connectivity index (χ3n) is 5.59. The Hall–Kier alpha value is -2.07. The summed E-state index contributed by atoms with van der Waals surface area (Å²) in [6, 6.07) is 10.2. The molecule has 0 radical (unpaired) electrons. The summed E-state index contributed by atoms with van der Waals surface area (Å²) in [6.07, 6.45) is 10.2. The first-order chi connectivity index (χ1) is 12.3. The molecule has 0 N–H and O–H groups in total. The lowest BCUT2D eigenvalue weighted by atomic mass is 9.86. The Kier molecular flexibility index (Phi) is 3.49. The van der Waals surface area contributed by atoms with Crippen LogP contribution in [0, 0.1) is 0 Å². The molecule has 0 saturated heterocycles. The predicted octanol–water partition coefficient (Wildman–Crippen LogP) is 4.94. The van der Waals surface area contributed by atoms with Gasteiger partial charge in [-0.3, -0.25) is 4.98 Å². The third kappa shape index (κ3) is 2.43. The molecule has 4 nitrogen and oxygen atoms in total. The highest BCUT2D eigenvalue weighted by Crippen LogP contribution is 2.51. The smallest absolute Gasteiger partial charge is 0.198 e. The van der Waals surface area contributed by atoms with E-state index in [0.29, 0.717) is 0 Å². The van der Waals surface area contributed by atoms with Crippen molar-refractivity contribution in [2.24, 2.45) is 5.10 Å². The van der Waals surface area contributed by atoms with Gasteiger partial charge in [0.05, 0.1) is 11.8 Å². The van der Waals surface area contributed by atoms with Crippen LogP contribution in [0.15, 0.2) is 47.8 Å². The quantitative estimate of drug-likeness (QED) is 0.728. The Labute approximate surface area is 152 Å². The van der Waals surface area contributed by atoms with Crippen molar-refractivity contribution in [3.63, 3.8) is 0 Å². The zero-order valence-corrected chi connectivity index (χ0v) is 14.7. The van der Waals surface area contributed by atoms with Crippen LogP contribution >= 0.6 is 11.6 Å². The molecule has 1 fully saturated rings. The molecule has 0 unspecified atom stereocenters. The number of hydrogen-bond donors (Lipinski definition) is 0. The van der Waals surface area contributed by atoms with Crippen LogP contribution in [0.4, 0.5) is 0 Å². The van der Waals surface area contributed by atoms with Crippen LogP contribution in [0.5, 0.6) is 5.75 Å². The number of pyridine rings is 1. The van der Waals surface area contributed by atoms with Crippen LogP contribution in [0.3, 0.4) is 0 Å². The average molecular weight is 354 g/mol. The van der Waals surface area contributed by atoms with Gasteiger partial charge in [0, 0.05) is 47.8 Å². The van der Waals surface area contributed by atoms with E-state index in [1.54, 1.807) is 6.20 Å². The van der Waals surface area contributed by atoms with Gasteiger partial charge in [0.15, 0.2) is 5.72 Å². The molecule has 1 aromatic carbocycles. The maximum Gasteiger partial charge on any atom is 0.198 e. The molecule has 0 bridgehead atoms. The first kappa shape index (κ1) is 15.2. The van der Waals surface area contributed by atoms with Gasteiger partial charge in [-0.25, -0.2) is 5.01 Å². The van der Waals surface area contributed by atoms with E-state index in [0.717, 1.165) is 46.9 Å². The van der Waals surface area contributed by atoms with Gasteiger partial charge in [-0.2, -0.15) is 5.10 Å². The number of halogens is 1. The first-order valence-corrected chi connectivity index (χ1v) is 9.39. The SMILES string of the molecule is Clc1ccc2c(c1)[C@H]1CC(c3cccnc3)=NN1C1(CCCCC1)O2. The second kappa shape index (κ2) is 5.73. The zero-order chi connectivity index (χ0) is 16.9. The molecule has 1 saturated carbocycles. The van der Waals surface area contributed by atoms with Gasteiger partial charge in [-0.15, -0.1) is 0 Å². The lowest BCUT2D eigenvalue weighted by Crippen LogP contribution is -2.54. The molecule has 2 aliphatic heterocycles. The van der Waals surface area contributed by atoms with Gasteiger partial charge < -0.3 is 4.74 Å². The van der Waals surface area contributed by atoms with Gasteiger partial charge in [-0.1, -0.05) is 24.1 Å². The van der Waals surface area contributed by atoms with E-state index < -0.39 is 0 Å². The summed E-state index contributed by atoms with van der Waals surface area (Å²) >= 11 is 6.28. The predicted molar refractivity (Wildman–Crippen MR) is 97.9 cm³/mol. The summed E-state index contributed by atoms with van der Waals surface area (Å²) in [5.74, 6) is 0.968. The summed E-state index contributed by atoms with van der Waals surface area (Å²) in [5, 5.41) is 8.00. The fraction of sp³-hybridized carbons (Fsp3) is 0.400. The third-order valence-corrected chi connectivity index (χ3v) is 5.82. The average Bonchev–Trinajstić information content (AvgIpc) is 3.11. The van der Waals surface area contributed by atoms with Crippen LogP contribution in [0.2, 0.25) is 5.02 Å². The molecule has 25 heavy (non-hydrogen) atoms. The first-order valence-electron chi connectivity index (χ1n) is 9.01. The lowest BCUT2D eigenvalue weighted by Gasteiger charge is -2.49. The van der Waals surface area contributed by atoms with E-state index in [-0.39, 0.29) is 11.8 Å². The summed E-state index contributed by atoms with van der Waals surface area (Å²) in [6.45, 7) is 0. The molecule has 128 valence electrons. The van der Waals surface area contributed by atoms with Crippen molar-refractivity contribution in [2.45, 2.75) is 50.3 Å². The molecule has 1 atom stereocenters. The Balaban J connectivity index is 1.61. The molecule has 1 aromatic heterocycles. The van der Waals surface area contributed by atoms with E-state index in [4.69, 9.17) is 21.4 Å². The number of aromatic nitrogens is 1. The zero-order valence-electron chi connectivity index (χ0n) is 14.0. The molecule has 5 heteroatoms. The maximum atomic E-state index is 6.56. The van der Waals surface area contributed by atoms with E-state index in [1.807, 2.05) is 30.5 Å². The number of ether oxygens (including phenoxy) is 1. The number of fused-ring (bicyclic) bond motifs is 4. The molecule has 2 aromatic rings. The molecule has 3 aliphatic rings. The van der Waals surface area contributed by atoms with Gasteiger partial charge in [0.25, 0.3) is 0 Å². The van der Waals surface area contributed by atoms with Crippen LogP contribution in [0.25, 0.3) is 0 Å². The number of rotatable bonds is 1. The van der Waals surface area contributed by atoms with Crippen molar-refractivity contribution in [3.05, 3.63) is 58.9 Å².